The van der Waals surface area contributed by atoms with E-state index in [1.54, 1.807) is 6.92 Å². The number of carbonyl (C=O) groups excluding carboxylic acids is 1. The summed E-state index contributed by atoms with van der Waals surface area (Å²) in [5.74, 6) is -1.27. The average molecular weight is 314 g/mol. The second-order valence-corrected chi connectivity index (χ2v) is 6.08. The number of ether oxygens (including phenoxy) is 1. The largest absolute Gasteiger partial charge is 0.481 e. The van der Waals surface area contributed by atoms with Crippen molar-refractivity contribution in [2.24, 2.45) is 17.8 Å². The van der Waals surface area contributed by atoms with Crippen molar-refractivity contribution in [1.82, 2.24) is 0 Å². The first-order valence-corrected chi connectivity index (χ1v) is 7.61. The second-order valence-electron chi connectivity index (χ2n) is 6.08. The predicted octanol–water partition coefficient (Wildman–Crippen LogP) is 2.88. The van der Waals surface area contributed by atoms with Gasteiger partial charge < -0.3 is 14.6 Å². The van der Waals surface area contributed by atoms with Gasteiger partial charge in [0.1, 0.15) is 5.78 Å². The summed E-state index contributed by atoms with van der Waals surface area (Å²) < 4.78 is 5.18. The number of aliphatic carboxylic acids is 1. The first-order valence-electron chi connectivity index (χ1n) is 7.61. The molecule has 0 fully saturated rings. The molecule has 0 aromatic rings. The van der Waals surface area contributed by atoms with E-state index in [4.69, 9.17) is 9.99 Å². The van der Waals surface area contributed by atoms with Gasteiger partial charge in [0.05, 0.1) is 5.92 Å². The van der Waals surface area contributed by atoms with Crippen LogP contribution in [0.4, 0.5) is 0 Å². The Morgan fingerprint density at radius 2 is 2.05 bits per heavy atom. The van der Waals surface area contributed by atoms with Crippen LogP contribution in [0.5, 0.6) is 0 Å². The quantitative estimate of drug-likeness (QED) is 0.310. The molecule has 6 heteroatoms. The zero-order chi connectivity index (χ0) is 16.9. The molecule has 0 saturated carbocycles. The van der Waals surface area contributed by atoms with Crippen molar-refractivity contribution in [3.63, 3.8) is 0 Å². The SMILES string of the molecule is COC(OO)C1=C([C@@H](C)C(=O)O)CC[C@@H](C)[C@@H]1CCC(C)=O. The van der Waals surface area contributed by atoms with Gasteiger partial charge in [-0.05, 0) is 50.5 Å². The number of methoxy groups -OCH3 is 1. The maximum atomic E-state index is 11.4. The summed E-state index contributed by atoms with van der Waals surface area (Å²) in [4.78, 5) is 27.1. The van der Waals surface area contributed by atoms with E-state index in [1.165, 1.54) is 14.0 Å². The zero-order valence-corrected chi connectivity index (χ0v) is 13.7. The normalized spacial score (nSPS) is 25.0. The molecule has 1 rings (SSSR count). The van der Waals surface area contributed by atoms with Crippen LogP contribution in [0.15, 0.2) is 11.1 Å². The molecule has 2 N–H and O–H groups in total. The smallest absolute Gasteiger partial charge is 0.310 e. The number of hydrogen-bond donors (Lipinski definition) is 2. The molecule has 1 unspecified atom stereocenters. The van der Waals surface area contributed by atoms with Crippen molar-refractivity contribution in [3.05, 3.63) is 11.1 Å². The highest BCUT2D eigenvalue weighted by Gasteiger charge is 2.37. The molecule has 0 aromatic heterocycles. The highest BCUT2D eigenvalue weighted by atomic mass is 17.1. The maximum Gasteiger partial charge on any atom is 0.310 e. The minimum atomic E-state index is -0.989. The Morgan fingerprint density at radius 1 is 1.41 bits per heavy atom. The Morgan fingerprint density at radius 3 is 2.50 bits per heavy atom. The standard InChI is InChI=1S/C16H26O6/c1-9-5-7-13(11(3)15(18)19)14(16(21-4)22-20)12(9)8-6-10(2)17/h9,11-12,16,20H,5-8H2,1-4H3,(H,18,19)/t9-,11-,12+,16?/m1/s1. The minimum Gasteiger partial charge on any atom is -0.481 e. The highest BCUT2D eigenvalue weighted by Crippen LogP contribution is 2.42. The number of ketones is 1. The van der Waals surface area contributed by atoms with Crippen LogP contribution in [-0.4, -0.2) is 35.5 Å². The second kappa shape index (κ2) is 8.41. The fraction of sp³-hybridized carbons (Fsp3) is 0.750. The number of carbonyl (C=O) groups is 2. The van der Waals surface area contributed by atoms with E-state index >= 15 is 0 Å². The van der Waals surface area contributed by atoms with Gasteiger partial charge in [-0.3, -0.25) is 4.79 Å². The van der Waals surface area contributed by atoms with E-state index in [0.717, 1.165) is 12.0 Å². The monoisotopic (exact) mass is 314 g/mol. The lowest BCUT2D eigenvalue weighted by atomic mass is 9.70. The molecule has 0 amide bonds. The van der Waals surface area contributed by atoms with Crippen molar-refractivity contribution in [2.45, 2.75) is 52.7 Å². The molecule has 6 nitrogen and oxygen atoms in total. The Balaban J connectivity index is 3.25. The molecule has 0 spiro atoms. The van der Waals surface area contributed by atoms with Gasteiger partial charge in [-0.25, -0.2) is 10.1 Å². The highest BCUT2D eigenvalue weighted by molar-refractivity contribution is 5.75. The van der Waals surface area contributed by atoms with Crippen molar-refractivity contribution in [1.29, 1.82) is 0 Å². The Bertz CT molecular complexity index is 438. The van der Waals surface area contributed by atoms with E-state index in [1.807, 2.05) is 0 Å². The van der Waals surface area contributed by atoms with Gasteiger partial charge >= 0.3 is 5.97 Å². The molecule has 0 aliphatic heterocycles. The summed E-state index contributed by atoms with van der Waals surface area (Å²) in [6, 6.07) is 0. The van der Waals surface area contributed by atoms with E-state index in [2.05, 4.69) is 11.8 Å². The van der Waals surface area contributed by atoms with Gasteiger partial charge in [0, 0.05) is 13.5 Å². The summed E-state index contributed by atoms with van der Waals surface area (Å²) in [6.07, 6.45) is 1.50. The molecule has 4 atom stereocenters. The molecular weight excluding hydrogens is 288 g/mol. The van der Waals surface area contributed by atoms with Crippen LogP contribution >= 0.6 is 0 Å². The predicted molar refractivity (Wildman–Crippen MR) is 80.1 cm³/mol. The van der Waals surface area contributed by atoms with Crippen LogP contribution in [0.2, 0.25) is 0 Å². The van der Waals surface area contributed by atoms with Gasteiger partial charge in [-0.2, -0.15) is 0 Å². The molecule has 126 valence electrons. The van der Waals surface area contributed by atoms with Crippen LogP contribution in [0.25, 0.3) is 0 Å². The van der Waals surface area contributed by atoms with Gasteiger partial charge in [0.2, 0.25) is 6.29 Å². The third kappa shape index (κ3) is 4.38. The number of rotatable bonds is 8. The first-order chi connectivity index (χ1) is 10.3. The summed E-state index contributed by atoms with van der Waals surface area (Å²) in [7, 11) is 1.40. The molecule has 0 aromatic carbocycles. The van der Waals surface area contributed by atoms with Crippen LogP contribution in [0, 0.1) is 17.8 Å². The van der Waals surface area contributed by atoms with Crippen molar-refractivity contribution >= 4 is 11.8 Å². The van der Waals surface area contributed by atoms with E-state index in [0.29, 0.717) is 24.8 Å². The summed E-state index contributed by atoms with van der Waals surface area (Å²) in [6.45, 7) is 5.23. The lowest BCUT2D eigenvalue weighted by molar-refractivity contribution is -0.329. The molecule has 0 bridgehead atoms. The van der Waals surface area contributed by atoms with Crippen molar-refractivity contribution in [2.75, 3.05) is 7.11 Å². The van der Waals surface area contributed by atoms with Crippen LogP contribution < -0.4 is 0 Å². The number of hydrogen-bond acceptors (Lipinski definition) is 5. The van der Waals surface area contributed by atoms with E-state index in [-0.39, 0.29) is 17.6 Å². The van der Waals surface area contributed by atoms with Gasteiger partial charge in [0.25, 0.3) is 0 Å². The lowest BCUT2D eigenvalue weighted by Gasteiger charge is -2.37. The molecule has 0 radical (unpaired) electrons. The minimum absolute atomic E-state index is 0.0356. The van der Waals surface area contributed by atoms with E-state index < -0.39 is 18.2 Å². The topological polar surface area (TPSA) is 93.1 Å². The Kier molecular flexibility index (Phi) is 7.19. The summed E-state index contributed by atoms with van der Waals surface area (Å²) in [5, 5.41) is 18.4. The fourth-order valence-corrected chi connectivity index (χ4v) is 3.24. The van der Waals surface area contributed by atoms with Crippen molar-refractivity contribution in [3.8, 4) is 0 Å². The van der Waals surface area contributed by atoms with Crippen LogP contribution in [0.1, 0.15) is 46.5 Å². The summed E-state index contributed by atoms with van der Waals surface area (Å²) >= 11 is 0. The lowest BCUT2D eigenvalue weighted by Crippen LogP contribution is -2.33. The van der Waals surface area contributed by atoms with Gasteiger partial charge in [-0.15, -0.1) is 0 Å². The number of carboxylic acid groups (broad SMARTS) is 1. The number of carboxylic acids is 1. The first kappa shape index (κ1) is 18.8. The zero-order valence-electron chi connectivity index (χ0n) is 13.7. The molecule has 0 heterocycles. The van der Waals surface area contributed by atoms with Crippen LogP contribution in [0.3, 0.4) is 0 Å². The van der Waals surface area contributed by atoms with E-state index in [9.17, 15) is 14.7 Å². The third-order valence-electron chi connectivity index (χ3n) is 4.59. The molecule has 1 aliphatic rings. The molecule has 1 aliphatic carbocycles. The van der Waals surface area contributed by atoms with Crippen molar-refractivity contribution < 1.29 is 29.6 Å². The average Bonchev–Trinajstić information content (AvgIpc) is 2.46. The van der Waals surface area contributed by atoms with Gasteiger partial charge in [-0.1, -0.05) is 12.5 Å². The maximum absolute atomic E-state index is 11.4. The molecule has 22 heavy (non-hydrogen) atoms. The fourth-order valence-electron chi connectivity index (χ4n) is 3.24. The van der Waals surface area contributed by atoms with Gasteiger partial charge in [0.15, 0.2) is 0 Å². The third-order valence-corrected chi connectivity index (χ3v) is 4.59. The van der Waals surface area contributed by atoms with Crippen LogP contribution in [-0.2, 0) is 19.2 Å². The Labute approximate surface area is 131 Å². The molecular formula is C16H26O6. The molecule has 0 saturated heterocycles. The Hall–Kier alpha value is -1.24. The number of Topliss-reactive ketones (excluding diaryl/α,β-unsaturated/α-hetero) is 1. The summed E-state index contributed by atoms with van der Waals surface area (Å²) in [5.41, 5.74) is 1.42.